The lowest BCUT2D eigenvalue weighted by Gasteiger charge is -2.30. The SMILES string of the molecule is CN1CCC(c2ccc(Nc3ncc4c(n3)CN(C(=O)OC(C)(C)C)CC4)cc2)CC1. The minimum Gasteiger partial charge on any atom is -0.444 e. The van der Waals surface area contributed by atoms with E-state index in [4.69, 9.17) is 4.74 Å². The maximum absolute atomic E-state index is 12.4. The van der Waals surface area contributed by atoms with Crippen LogP contribution in [0.15, 0.2) is 30.5 Å². The van der Waals surface area contributed by atoms with Crippen LogP contribution in [0, 0.1) is 0 Å². The molecule has 4 rings (SSSR count). The van der Waals surface area contributed by atoms with Crippen molar-refractivity contribution >= 4 is 17.7 Å². The molecule has 1 amide bonds. The van der Waals surface area contributed by atoms with Crippen molar-refractivity contribution in [3.05, 3.63) is 47.3 Å². The molecule has 2 aliphatic heterocycles. The number of benzene rings is 1. The van der Waals surface area contributed by atoms with Crippen LogP contribution in [-0.2, 0) is 17.7 Å². The number of amides is 1. The van der Waals surface area contributed by atoms with Gasteiger partial charge in [-0.15, -0.1) is 0 Å². The van der Waals surface area contributed by atoms with Gasteiger partial charge in [-0.2, -0.15) is 0 Å². The van der Waals surface area contributed by atoms with Crippen LogP contribution >= 0.6 is 0 Å². The van der Waals surface area contributed by atoms with E-state index >= 15 is 0 Å². The number of hydrogen-bond acceptors (Lipinski definition) is 6. The fourth-order valence-corrected chi connectivity index (χ4v) is 4.16. The van der Waals surface area contributed by atoms with Gasteiger partial charge in [0.05, 0.1) is 12.2 Å². The van der Waals surface area contributed by atoms with E-state index in [1.54, 1.807) is 4.90 Å². The van der Waals surface area contributed by atoms with Crippen molar-refractivity contribution in [2.24, 2.45) is 0 Å². The Morgan fingerprint density at radius 2 is 1.84 bits per heavy atom. The molecule has 31 heavy (non-hydrogen) atoms. The Labute approximate surface area is 184 Å². The number of nitrogens with one attached hydrogen (secondary N) is 1. The molecule has 7 nitrogen and oxygen atoms in total. The van der Waals surface area contributed by atoms with Gasteiger partial charge in [0, 0.05) is 18.4 Å². The lowest BCUT2D eigenvalue weighted by molar-refractivity contribution is 0.0220. The molecule has 166 valence electrons. The van der Waals surface area contributed by atoms with Crippen molar-refractivity contribution in [3.8, 4) is 0 Å². The first-order valence-electron chi connectivity index (χ1n) is 11.1. The van der Waals surface area contributed by atoms with Gasteiger partial charge in [0.15, 0.2) is 0 Å². The summed E-state index contributed by atoms with van der Waals surface area (Å²) in [6, 6.07) is 8.62. The number of hydrogen-bond donors (Lipinski definition) is 1. The molecule has 0 bridgehead atoms. The highest BCUT2D eigenvalue weighted by molar-refractivity contribution is 5.68. The van der Waals surface area contributed by atoms with Gasteiger partial charge in [-0.25, -0.2) is 14.8 Å². The van der Waals surface area contributed by atoms with E-state index in [2.05, 4.69) is 51.5 Å². The number of carbonyl (C=O) groups is 1. The van der Waals surface area contributed by atoms with Gasteiger partial charge in [-0.1, -0.05) is 12.1 Å². The summed E-state index contributed by atoms with van der Waals surface area (Å²) in [5.74, 6) is 1.20. The molecule has 7 heteroatoms. The van der Waals surface area contributed by atoms with Gasteiger partial charge >= 0.3 is 6.09 Å². The van der Waals surface area contributed by atoms with E-state index in [-0.39, 0.29) is 6.09 Å². The summed E-state index contributed by atoms with van der Waals surface area (Å²) in [6.07, 6.45) is 4.73. The first-order chi connectivity index (χ1) is 14.8. The van der Waals surface area contributed by atoms with Crippen LogP contribution in [0.1, 0.15) is 56.4 Å². The molecule has 1 aromatic carbocycles. The second-order valence-electron chi connectivity index (χ2n) is 9.64. The highest BCUT2D eigenvalue weighted by atomic mass is 16.6. The Hall–Kier alpha value is -2.67. The van der Waals surface area contributed by atoms with E-state index in [1.165, 1.54) is 18.4 Å². The van der Waals surface area contributed by atoms with Crippen LogP contribution in [0.25, 0.3) is 0 Å². The second-order valence-corrected chi connectivity index (χ2v) is 9.64. The zero-order chi connectivity index (χ0) is 22.0. The van der Waals surface area contributed by atoms with E-state index in [0.29, 0.717) is 25.0 Å². The number of nitrogens with zero attached hydrogens (tertiary/aromatic N) is 4. The summed E-state index contributed by atoms with van der Waals surface area (Å²) >= 11 is 0. The zero-order valence-corrected chi connectivity index (χ0v) is 19.0. The van der Waals surface area contributed by atoms with Crippen molar-refractivity contribution < 1.29 is 9.53 Å². The number of likely N-dealkylation sites (tertiary alicyclic amines) is 1. The number of rotatable bonds is 3. The molecule has 0 atom stereocenters. The van der Waals surface area contributed by atoms with Gasteiger partial charge in [-0.3, -0.25) is 0 Å². The predicted molar refractivity (Wildman–Crippen MR) is 122 cm³/mol. The Balaban J connectivity index is 1.40. The quantitative estimate of drug-likeness (QED) is 0.793. The molecule has 0 radical (unpaired) electrons. The van der Waals surface area contributed by atoms with Crippen molar-refractivity contribution in [1.82, 2.24) is 19.8 Å². The third-order valence-electron chi connectivity index (χ3n) is 5.95. The summed E-state index contributed by atoms with van der Waals surface area (Å²) in [5.41, 5.74) is 3.82. The molecule has 2 aromatic rings. The second kappa shape index (κ2) is 8.83. The molecule has 1 saturated heterocycles. The van der Waals surface area contributed by atoms with Crippen molar-refractivity contribution in [2.45, 2.75) is 58.1 Å². The summed E-state index contributed by atoms with van der Waals surface area (Å²) in [7, 11) is 2.19. The lowest BCUT2D eigenvalue weighted by atomic mass is 9.89. The van der Waals surface area contributed by atoms with Crippen LogP contribution in [0.5, 0.6) is 0 Å². The smallest absolute Gasteiger partial charge is 0.410 e. The van der Waals surface area contributed by atoms with Gasteiger partial charge in [0.1, 0.15) is 5.60 Å². The number of aromatic nitrogens is 2. The van der Waals surface area contributed by atoms with Crippen molar-refractivity contribution in [2.75, 3.05) is 32.0 Å². The average Bonchev–Trinajstić information content (AvgIpc) is 2.73. The predicted octanol–water partition coefficient (Wildman–Crippen LogP) is 4.32. The maximum Gasteiger partial charge on any atom is 0.410 e. The summed E-state index contributed by atoms with van der Waals surface area (Å²) < 4.78 is 5.51. The third kappa shape index (κ3) is 5.53. The van der Waals surface area contributed by atoms with E-state index in [0.717, 1.165) is 36.5 Å². The first-order valence-corrected chi connectivity index (χ1v) is 11.1. The molecular weight excluding hydrogens is 390 g/mol. The van der Waals surface area contributed by atoms with Gasteiger partial charge in [-0.05, 0) is 89.3 Å². The van der Waals surface area contributed by atoms with Crippen LogP contribution in [0.2, 0.25) is 0 Å². The summed E-state index contributed by atoms with van der Waals surface area (Å²) in [5, 5.41) is 3.31. The highest BCUT2D eigenvalue weighted by Gasteiger charge is 2.27. The monoisotopic (exact) mass is 423 g/mol. The zero-order valence-electron chi connectivity index (χ0n) is 19.0. The molecular formula is C24H33N5O2. The van der Waals surface area contributed by atoms with Crippen LogP contribution in [-0.4, -0.2) is 58.1 Å². The maximum atomic E-state index is 12.4. The molecule has 0 spiro atoms. The van der Waals surface area contributed by atoms with Crippen molar-refractivity contribution in [3.63, 3.8) is 0 Å². The normalized spacial score (nSPS) is 17.9. The first kappa shape index (κ1) is 21.6. The van der Waals surface area contributed by atoms with Crippen LogP contribution in [0.3, 0.4) is 0 Å². The van der Waals surface area contributed by atoms with E-state index < -0.39 is 5.60 Å². The van der Waals surface area contributed by atoms with Gasteiger partial charge < -0.3 is 19.9 Å². The van der Waals surface area contributed by atoms with Crippen LogP contribution < -0.4 is 5.32 Å². The Kier molecular flexibility index (Phi) is 6.14. The Morgan fingerprint density at radius 3 is 2.52 bits per heavy atom. The number of piperidine rings is 1. The molecule has 0 aliphatic carbocycles. The fourth-order valence-electron chi connectivity index (χ4n) is 4.16. The third-order valence-corrected chi connectivity index (χ3v) is 5.95. The minimum absolute atomic E-state index is 0.296. The molecule has 1 fully saturated rings. The van der Waals surface area contributed by atoms with Gasteiger partial charge in [0.25, 0.3) is 0 Å². The molecule has 0 unspecified atom stereocenters. The standard InChI is InChI=1S/C24H33N5O2/c1-24(2,3)31-23(30)29-14-11-19-15-25-22(27-21(19)16-29)26-20-7-5-17(6-8-20)18-9-12-28(4)13-10-18/h5-8,15,18H,9-14,16H2,1-4H3,(H,25,26,27). The van der Waals surface area contributed by atoms with E-state index in [9.17, 15) is 4.79 Å². The number of carbonyl (C=O) groups excluding carboxylic acids is 1. The molecule has 0 saturated carbocycles. The fraction of sp³-hybridized carbons (Fsp3) is 0.542. The highest BCUT2D eigenvalue weighted by Crippen LogP contribution is 2.29. The van der Waals surface area contributed by atoms with E-state index in [1.807, 2.05) is 27.0 Å². The average molecular weight is 424 g/mol. The largest absolute Gasteiger partial charge is 0.444 e. The topological polar surface area (TPSA) is 70.6 Å². The van der Waals surface area contributed by atoms with Crippen LogP contribution in [0.4, 0.5) is 16.4 Å². The molecule has 1 N–H and O–H groups in total. The van der Waals surface area contributed by atoms with Gasteiger partial charge in [0.2, 0.25) is 5.95 Å². The van der Waals surface area contributed by atoms with Crippen molar-refractivity contribution in [1.29, 1.82) is 0 Å². The minimum atomic E-state index is -0.505. The summed E-state index contributed by atoms with van der Waals surface area (Å²) in [6.45, 7) is 9.02. The molecule has 2 aliphatic rings. The number of anilines is 2. The molecule has 1 aromatic heterocycles. The lowest BCUT2D eigenvalue weighted by Crippen LogP contribution is -2.40. The number of ether oxygens (including phenoxy) is 1. The summed E-state index contributed by atoms with van der Waals surface area (Å²) in [4.78, 5) is 25.7. The Morgan fingerprint density at radius 1 is 1.13 bits per heavy atom. The molecule has 3 heterocycles. The number of fused-ring (bicyclic) bond motifs is 1. The Bertz CT molecular complexity index is 915.